The van der Waals surface area contributed by atoms with E-state index in [4.69, 9.17) is 34.8 Å². The van der Waals surface area contributed by atoms with E-state index < -0.39 is 20.6 Å². The van der Waals surface area contributed by atoms with Gasteiger partial charge in [-0.1, -0.05) is 40.9 Å². The fourth-order valence-corrected chi connectivity index (χ4v) is 3.94. The summed E-state index contributed by atoms with van der Waals surface area (Å²) in [5.41, 5.74) is 2.94. The molecule has 2 N–H and O–H groups in total. The Labute approximate surface area is 192 Å². The molecule has 0 unspecified atom stereocenters. The van der Waals surface area contributed by atoms with Crippen LogP contribution in [0.3, 0.4) is 0 Å². The summed E-state index contributed by atoms with van der Waals surface area (Å²) in [7, 11) is -4.06. The highest BCUT2D eigenvalue weighted by Crippen LogP contribution is 2.29. The van der Waals surface area contributed by atoms with Gasteiger partial charge in [-0.05, 0) is 54.1 Å². The molecule has 0 aliphatic heterocycles. The number of anilines is 2. The minimum Gasteiger partial charge on any atom is -0.280 e. The molecule has 0 atom stereocenters. The zero-order chi connectivity index (χ0) is 22.6. The van der Waals surface area contributed by atoms with Crippen LogP contribution < -0.4 is 10.1 Å². The van der Waals surface area contributed by atoms with Crippen molar-refractivity contribution in [3.8, 4) is 0 Å². The molecule has 8 nitrogen and oxygen atoms in total. The van der Waals surface area contributed by atoms with E-state index in [1.54, 1.807) is 18.2 Å². The van der Waals surface area contributed by atoms with Gasteiger partial charge in [0.1, 0.15) is 5.69 Å². The van der Waals surface area contributed by atoms with Crippen molar-refractivity contribution in [2.24, 2.45) is 5.10 Å². The van der Waals surface area contributed by atoms with Gasteiger partial charge in [0, 0.05) is 16.8 Å². The van der Waals surface area contributed by atoms with Crippen LogP contribution >= 0.6 is 34.8 Å². The number of rotatable bonds is 7. The normalized spacial score (nSPS) is 11.5. The Morgan fingerprint density at radius 2 is 1.65 bits per heavy atom. The molecule has 3 rings (SSSR count). The standard InChI is InChI=1S/C19H13Cl3N4O4S/c20-13-2-4-14(5-3-13)25-31(29,30)15-6-8-18(19(10-15)26(27)28)24-23-11-12-1-7-16(21)17(22)9-12/h1-11,24-25H. The third-order valence-electron chi connectivity index (χ3n) is 3.91. The number of nitro benzene ring substituents is 1. The third-order valence-corrected chi connectivity index (χ3v) is 6.28. The molecule has 0 aliphatic rings. The monoisotopic (exact) mass is 498 g/mol. The second-order valence-electron chi connectivity index (χ2n) is 6.09. The molecular formula is C19H13Cl3N4O4S. The molecule has 0 saturated heterocycles. The van der Waals surface area contributed by atoms with Gasteiger partial charge in [-0.25, -0.2) is 8.42 Å². The zero-order valence-corrected chi connectivity index (χ0v) is 18.5. The van der Waals surface area contributed by atoms with Crippen LogP contribution in [0.15, 0.2) is 70.7 Å². The van der Waals surface area contributed by atoms with Gasteiger partial charge < -0.3 is 0 Å². The molecular weight excluding hydrogens is 487 g/mol. The van der Waals surface area contributed by atoms with Crippen LogP contribution in [-0.4, -0.2) is 19.6 Å². The minimum atomic E-state index is -4.06. The molecule has 0 aromatic heterocycles. The quantitative estimate of drug-likeness (QED) is 0.242. The van der Waals surface area contributed by atoms with Gasteiger partial charge in [0.25, 0.3) is 15.7 Å². The van der Waals surface area contributed by atoms with Crippen LogP contribution in [0.2, 0.25) is 15.1 Å². The van der Waals surface area contributed by atoms with Gasteiger partial charge in [0.05, 0.1) is 26.1 Å². The number of hydrazone groups is 1. The van der Waals surface area contributed by atoms with E-state index in [1.807, 2.05) is 0 Å². The van der Waals surface area contributed by atoms with E-state index in [9.17, 15) is 18.5 Å². The predicted molar refractivity (Wildman–Crippen MR) is 123 cm³/mol. The average molecular weight is 500 g/mol. The maximum absolute atomic E-state index is 12.6. The smallest absolute Gasteiger partial charge is 0.280 e. The van der Waals surface area contributed by atoms with Crippen molar-refractivity contribution in [2.45, 2.75) is 4.90 Å². The number of sulfonamides is 1. The Kier molecular flexibility index (Phi) is 7.01. The fraction of sp³-hybridized carbons (Fsp3) is 0. The first-order chi connectivity index (χ1) is 14.7. The van der Waals surface area contributed by atoms with E-state index in [-0.39, 0.29) is 16.3 Å². The maximum atomic E-state index is 12.6. The number of nitro groups is 1. The van der Waals surface area contributed by atoms with Crippen LogP contribution in [0.5, 0.6) is 0 Å². The van der Waals surface area contributed by atoms with Crippen LogP contribution in [0.1, 0.15) is 5.56 Å². The van der Waals surface area contributed by atoms with Gasteiger partial charge in [0.15, 0.2) is 0 Å². The van der Waals surface area contributed by atoms with Gasteiger partial charge in [0.2, 0.25) is 0 Å². The molecule has 3 aromatic rings. The molecule has 0 fully saturated rings. The molecule has 0 bridgehead atoms. The summed E-state index contributed by atoms with van der Waals surface area (Å²) < 4.78 is 27.5. The number of nitrogens with one attached hydrogen (secondary N) is 2. The third kappa shape index (κ3) is 5.86. The maximum Gasteiger partial charge on any atom is 0.295 e. The first-order valence-corrected chi connectivity index (χ1v) is 11.1. The Balaban J connectivity index is 1.83. The lowest BCUT2D eigenvalue weighted by Gasteiger charge is -2.09. The van der Waals surface area contributed by atoms with E-state index >= 15 is 0 Å². The van der Waals surface area contributed by atoms with Crippen LogP contribution in [-0.2, 0) is 10.0 Å². The largest absolute Gasteiger partial charge is 0.295 e. The number of hydrogen-bond donors (Lipinski definition) is 2. The summed E-state index contributed by atoms with van der Waals surface area (Å²) in [6.45, 7) is 0. The van der Waals surface area contributed by atoms with Gasteiger partial charge in [-0.3, -0.25) is 20.3 Å². The molecule has 12 heteroatoms. The van der Waals surface area contributed by atoms with E-state index in [0.29, 0.717) is 20.6 Å². The lowest BCUT2D eigenvalue weighted by molar-refractivity contribution is -0.384. The first kappa shape index (κ1) is 22.8. The Morgan fingerprint density at radius 1 is 0.935 bits per heavy atom. The van der Waals surface area contributed by atoms with Crippen molar-refractivity contribution in [1.82, 2.24) is 0 Å². The molecule has 31 heavy (non-hydrogen) atoms. The minimum absolute atomic E-state index is 0.00625. The predicted octanol–water partition coefficient (Wildman–Crippen LogP) is 5.80. The van der Waals surface area contributed by atoms with Crippen molar-refractivity contribution in [1.29, 1.82) is 0 Å². The Hall–Kier alpha value is -2.85. The van der Waals surface area contributed by atoms with E-state index in [2.05, 4.69) is 15.2 Å². The molecule has 160 valence electrons. The molecule has 0 radical (unpaired) electrons. The lowest BCUT2D eigenvalue weighted by Crippen LogP contribution is -2.13. The van der Waals surface area contributed by atoms with E-state index in [1.165, 1.54) is 42.6 Å². The van der Waals surface area contributed by atoms with Crippen molar-refractivity contribution >= 4 is 68.1 Å². The summed E-state index contributed by atoms with van der Waals surface area (Å²) in [4.78, 5) is 10.5. The van der Waals surface area contributed by atoms with Crippen molar-refractivity contribution in [2.75, 3.05) is 10.1 Å². The number of hydrogen-bond acceptors (Lipinski definition) is 6. The zero-order valence-electron chi connectivity index (χ0n) is 15.4. The van der Waals surface area contributed by atoms with Crippen LogP contribution in [0, 0.1) is 10.1 Å². The summed E-state index contributed by atoms with van der Waals surface area (Å²) in [6.07, 6.45) is 1.39. The summed E-state index contributed by atoms with van der Waals surface area (Å²) in [5.74, 6) is 0. The fourth-order valence-electron chi connectivity index (χ4n) is 2.43. The highest BCUT2D eigenvalue weighted by Gasteiger charge is 2.21. The summed E-state index contributed by atoms with van der Waals surface area (Å²) in [5, 5.41) is 16.6. The number of benzene rings is 3. The first-order valence-electron chi connectivity index (χ1n) is 8.47. The Bertz CT molecular complexity index is 1270. The van der Waals surface area contributed by atoms with Crippen molar-refractivity contribution in [3.05, 3.63) is 91.4 Å². The van der Waals surface area contributed by atoms with Gasteiger partial charge in [-0.2, -0.15) is 5.10 Å². The summed E-state index contributed by atoms with van der Waals surface area (Å²) >= 11 is 17.6. The van der Waals surface area contributed by atoms with E-state index in [0.717, 1.165) is 6.07 Å². The topological polar surface area (TPSA) is 114 Å². The molecule has 0 spiro atoms. The SMILES string of the molecule is O=[N+]([O-])c1cc(S(=O)(=O)Nc2ccc(Cl)cc2)ccc1NN=Cc1ccc(Cl)c(Cl)c1. The molecule has 0 saturated carbocycles. The molecule has 0 heterocycles. The van der Waals surface area contributed by atoms with Crippen LogP contribution in [0.4, 0.5) is 17.1 Å². The summed E-state index contributed by atoms with van der Waals surface area (Å²) in [6, 6.07) is 14.2. The number of nitrogens with zero attached hydrogens (tertiary/aromatic N) is 2. The second kappa shape index (κ2) is 9.52. The van der Waals surface area contributed by atoms with Gasteiger partial charge >= 0.3 is 0 Å². The molecule has 0 amide bonds. The second-order valence-corrected chi connectivity index (χ2v) is 9.03. The molecule has 3 aromatic carbocycles. The lowest BCUT2D eigenvalue weighted by atomic mass is 10.2. The molecule has 0 aliphatic carbocycles. The van der Waals surface area contributed by atoms with Crippen LogP contribution in [0.25, 0.3) is 0 Å². The average Bonchev–Trinajstić information content (AvgIpc) is 2.72. The van der Waals surface area contributed by atoms with Crippen molar-refractivity contribution in [3.63, 3.8) is 0 Å². The number of halogens is 3. The highest BCUT2D eigenvalue weighted by molar-refractivity contribution is 7.92. The van der Waals surface area contributed by atoms with Crippen molar-refractivity contribution < 1.29 is 13.3 Å². The Morgan fingerprint density at radius 3 is 2.29 bits per heavy atom. The van der Waals surface area contributed by atoms with Gasteiger partial charge in [-0.15, -0.1) is 0 Å². The highest BCUT2D eigenvalue weighted by atomic mass is 35.5.